The number of likely N-dealkylation sites (tertiary alicyclic amines) is 1. The van der Waals surface area contributed by atoms with Crippen LogP contribution in [-0.4, -0.2) is 88.1 Å². The molecule has 10 nitrogen and oxygen atoms in total. The van der Waals surface area contributed by atoms with Gasteiger partial charge >= 0.3 is 5.97 Å². The Kier molecular flexibility index (Phi) is 9.88. The lowest BCUT2D eigenvalue weighted by molar-refractivity contribution is -0.160. The van der Waals surface area contributed by atoms with Gasteiger partial charge in [-0.3, -0.25) is 19.2 Å². The molecule has 4 heterocycles. The number of hydrogen-bond acceptors (Lipinski definition) is 7. The third kappa shape index (κ3) is 6.55. The topological polar surface area (TPSA) is 125 Å². The number of ether oxygens (including phenoxy) is 2. The van der Waals surface area contributed by atoms with Gasteiger partial charge in [-0.25, -0.2) is 0 Å². The average Bonchev–Trinajstić information content (AvgIpc) is 3.57. The number of cyclic esters (lactones) is 1. The molecular formula is C35H46BrN3O7. The Balaban J connectivity index is 1.61. The molecule has 0 aliphatic carbocycles. The van der Waals surface area contributed by atoms with Crippen molar-refractivity contribution in [3.63, 3.8) is 0 Å². The van der Waals surface area contributed by atoms with E-state index in [4.69, 9.17) is 9.47 Å². The molecule has 5 bridgehead atoms. The number of amides is 3. The van der Waals surface area contributed by atoms with Gasteiger partial charge in [0.25, 0.3) is 0 Å². The van der Waals surface area contributed by atoms with Gasteiger partial charge in [-0.1, -0.05) is 79.2 Å². The number of halogens is 1. The molecule has 11 heteroatoms. The number of aliphatic hydroxyl groups excluding tert-OH is 1. The fourth-order valence-corrected chi connectivity index (χ4v) is 8.58. The average molecular weight is 701 g/mol. The highest BCUT2D eigenvalue weighted by Crippen LogP contribution is 2.59. The minimum Gasteiger partial charge on any atom is -0.455 e. The van der Waals surface area contributed by atoms with E-state index >= 15 is 0 Å². The molecule has 0 aromatic heterocycles. The van der Waals surface area contributed by atoms with Gasteiger partial charge < -0.3 is 29.7 Å². The lowest BCUT2D eigenvalue weighted by Crippen LogP contribution is -2.60. The second kappa shape index (κ2) is 13.2. The summed E-state index contributed by atoms with van der Waals surface area (Å²) in [6.07, 6.45) is 5.62. The predicted molar refractivity (Wildman–Crippen MR) is 175 cm³/mol. The summed E-state index contributed by atoms with van der Waals surface area (Å²) in [5, 5.41) is 12.7. The van der Waals surface area contributed by atoms with Gasteiger partial charge in [0.2, 0.25) is 17.7 Å². The molecule has 4 aliphatic rings. The van der Waals surface area contributed by atoms with E-state index in [9.17, 15) is 24.3 Å². The van der Waals surface area contributed by atoms with E-state index in [1.807, 2.05) is 56.3 Å². The Hall–Kier alpha value is -3.02. The summed E-state index contributed by atoms with van der Waals surface area (Å²) in [5.74, 6) is -3.50. The van der Waals surface area contributed by atoms with Crippen LogP contribution in [0.5, 0.6) is 0 Å². The molecule has 250 valence electrons. The minimum atomic E-state index is -1.40. The number of nitrogens with zero attached hydrogens (tertiary/aromatic N) is 2. The summed E-state index contributed by atoms with van der Waals surface area (Å²) in [5.41, 5.74) is -1.44. The molecule has 3 amide bonds. The van der Waals surface area contributed by atoms with E-state index in [2.05, 4.69) is 42.0 Å². The number of benzene rings is 1. The number of nitrogens with one attached hydrogen (secondary N) is 1. The molecule has 0 saturated carbocycles. The maximum atomic E-state index is 15.0. The molecule has 5 rings (SSSR count). The molecule has 4 aliphatic heterocycles. The third-order valence-corrected chi connectivity index (χ3v) is 10.0. The number of allylic oxidation sites excluding steroid dienone is 1. The van der Waals surface area contributed by atoms with Crippen LogP contribution in [0.4, 0.5) is 0 Å². The summed E-state index contributed by atoms with van der Waals surface area (Å²) in [6.45, 7) is 10.7. The Morgan fingerprint density at radius 2 is 1.76 bits per heavy atom. The normalized spacial score (nSPS) is 31.5. The first-order valence-corrected chi connectivity index (χ1v) is 17.0. The van der Waals surface area contributed by atoms with Crippen molar-refractivity contribution in [2.45, 2.75) is 89.7 Å². The molecule has 0 radical (unpaired) electrons. The highest BCUT2D eigenvalue weighted by molar-refractivity contribution is 9.11. The van der Waals surface area contributed by atoms with E-state index < -0.39 is 47.2 Å². The third-order valence-electron chi connectivity index (χ3n) is 9.36. The molecular weight excluding hydrogens is 654 g/mol. The van der Waals surface area contributed by atoms with Crippen molar-refractivity contribution in [3.05, 3.63) is 58.6 Å². The Morgan fingerprint density at radius 3 is 2.43 bits per heavy atom. The molecule has 6 atom stereocenters. The van der Waals surface area contributed by atoms with E-state index in [0.29, 0.717) is 22.9 Å². The van der Waals surface area contributed by atoms with Crippen molar-refractivity contribution >= 4 is 39.6 Å². The number of hydrogen-bond donors (Lipinski definition) is 2. The Morgan fingerprint density at radius 1 is 1.04 bits per heavy atom. The maximum absolute atomic E-state index is 15.0. The van der Waals surface area contributed by atoms with Gasteiger partial charge in [-0.2, -0.15) is 0 Å². The Bertz CT molecular complexity index is 1400. The van der Waals surface area contributed by atoms with Crippen molar-refractivity contribution in [1.29, 1.82) is 0 Å². The van der Waals surface area contributed by atoms with E-state index in [-0.39, 0.29) is 62.2 Å². The van der Waals surface area contributed by atoms with Crippen LogP contribution < -0.4 is 5.32 Å². The lowest BCUT2D eigenvalue weighted by atomic mass is 9.74. The van der Waals surface area contributed by atoms with Crippen molar-refractivity contribution < 1.29 is 33.8 Å². The summed E-state index contributed by atoms with van der Waals surface area (Å²) >= 11 is 3.60. The predicted octanol–water partition coefficient (Wildman–Crippen LogP) is 4.04. The summed E-state index contributed by atoms with van der Waals surface area (Å²) < 4.78 is 13.3. The van der Waals surface area contributed by atoms with Crippen LogP contribution in [0.3, 0.4) is 0 Å². The van der Waals surface area contributed by atoms with Gasteiger partial charge in [-0.15, -0.1) is 0 Å². The van der Waals surface area contributed by atoms with Gasteiger partial charge in [0.1, 0.15) is 29.8 Å². The molecule has 1 aromatic carbocycles. The zero-order valence-corrected chi connectivity index (χ0v) is 28.9. The fourth-order valence-electron chi connectivity index (χ4n) is 7.84. The molecule has 2 N–H and O–H groups in total. The highest BCUT2D eigenvalue weighted by Gasteiger charge is 2.75. The monoisotopic (exact) mass is 699 g/mol. The molecule has 2 fully saturated rings. The number of aliphatic hydroxyl groups is 1. The van der Waals surface area contributed by atoms with Crippen LogP contribution in [0, 0.1) is 17.3 Å². The smallest absolute Gasteiger partial charge is 0.313 e. The van der Waals surface area contributed by atoms with E-state index in [0.717, 1.165) is 0 Å². The number of esters is 1. The largest absolute Gasteiger partial charge is 0.455 e. The van der Waals surface area contributed by atoms with E-state index in [1.165, 1.54) is 4.90 Å². The SMILES string of the molecule is CC(C)(C)CC(C)(C)N1C/C=C\CCC(=O)NC[C@@H](c2ccccc2)OC(=O)[C@@H]2[C@H]3O[C@@]4(C=C3Br)[C@H](C1=O)N(CCCO)C(=O)[C@@H]24. The van der Waals surface area contributed by atoms with Crippen LogP contribution in [-0.2, 0) is 28.7 Å². The number of rotatable bonds is 6. The van der Waals surface area contributed by atoms with Crippen LogP contribution in [0.2, 0.25) is 0 Å². The fraction of sp³-hybridized carbons (Fsp3) is 0.600. The number of carbonyl (C=O) groups excluding carboxylic acids is 4. The second-order valence-electron chi connectivity index (χ2n) is 14.6. The highest BCUT2D eigenvalue weighted by atomic mass is 79.9. The standard InChI is InChI=1S/C35H46BrN3O7/c1-33(2,3)21-34(4,5)39-17-11-7-10-15-25(41)37-20-24(22-13-8-6-9-14-22)45-32(44)26-27-30(42)38(16-12-18-40)29(31(39)43)35(27)19-23(36)28(26)46-35/h6-9,11,13-14,19,24,26-29,40H,10,12,15-18,20-21H2,1-5H3,(H,37,41)/b11-7-/t24-,26-,27+,28-,29-,35+/m0/s1. The molecule has 2 saturated heterocycles. The van der Waals surface area contributed by atoms with Gasteiger partial charge in [0.05, 0.1) is 12.5 Å². The number of carbonyl (C=O) groups is 4. The van der Waals surface area contributed by atoms with Crippen LogP contribution in [0.25, 0.3) is 0 Å². The Labute approximate surface area is 279 Å². The van der Waals surface area contributed by atoms with Crippen LogP contribution in [0.1, 0.15) is 72.0 Å². The van der Waals surface area contributed by atoms with Crippen molar-refractivity contribution in [3.8, 4) is 0 Å². The van der Waals surface area contributed by atoms with Crippen molar-refractivity contribution in [2.75, 3.05) is 26.2 Å². The van der Waals surface area contributed by atoms with Crippen LogP contribution >= 0.6 is 15.9 Å². The molecule has 46 heavy (non-hydrogen) atoms. The number of fused-ring (bicyclic) bond motifs is 2. The second-order valence-corrected chi connectivity index (χ2v) is 15.5. The first-order valence-electron chi connectivity index (χ1n) is 16.2. The summed E-state index contributed by atoms with van der Waals surface area (Å²) in [4.78, 5) is 59.6. The molecule has 0 unspecified atom stereocenters. The van der Waals surface area contributed by atoms with E-state index in [1.54, 1.807) is 11.0 Å². The first kappa shape index (κ1) is 34.3. The minimum absolute atomic E-state index is 0.0653. The van der Waals surface area contributed by atoms with Crippen molar-refractivity contribution in [1.82, 2.24) is 15.1 Å². The zero-order valence-electron chi connectivity index (χ0n) is 27.3. The summed E-state index contributed by atoms with van der Waals surface area (Å²) in [6, 6.07) is 8.11. The van der Waals surface area contributed by atoms with Crippen LogP contribution in [0.15, 0.2) is 53.0 Å². The molecule has 1 aromatic rings. The van der Waals surface area contributed by atoms with Gasteiger partial charge in [-0.05, 0) is 50.2 Å². The van der Waals surface area contributed by atoms with Crippen molar-refractivity contribution in [2.24, 2.45) is 17.3 Å². The first-order chi connectivity index (χ1) is 21.7. The van der Waals surface area contributed by atoms with Gasteiger partial charge in [0, 0.05) is 36.1 Å². The maximum Gasteiger partial charge on any atom is 0.313 e. The quantitative estimate of drug-likeness (QED) is 0.339. The zero-order chi connectivity index (χ0) is 33.4. The lowest BCUT2D eigenvalue weighted by Gasteiger charge is -2.45. The van der Waals surface area contributed by atoms with Gasteiger partial charge in [0.15, 0.2) is 0 Å². The molecule has 1 spiro atoms. The summed E-state index contributed by atoms with van der Waals surface area (Å²) in [7, 11) is 0.